The minimum Gasteiger partial charge on any atom is -0.465 e. The molecule has 0 unspecified atom stereocenters. The quantitative estimate of drug-likeness (QED) is 0.461. The van der Waals surface area contributed by atoms with Crippen LogP contribution in [-0.4, -0.2) is 25.2 Å². The zero-order valence-electron chi connectivity index (χ0n) is 15.6. The summed E-state index contributed by atoms with van der Waals surface area (Å²) in [7, 11) is 0. The van der Waals surface area contributed by atoms with E-state index in [2.05, 4.69) is 5.73 Å². The Morgan fingerprint density at radius 2 is 1.62 bits per heavy atom. The van der Waals surface area contributed by atoms with Crippen LogP contribution in [0.3, 0.4) is 0 Å². The fourth-order valence-corrected chi connectivity index (χ4v) is 3.92. The van der Waals surface area contributed by atoms with Crippen LogP contribution in [0.15, 0.2) is 35.6 Å². The first kappa shape index (κ1) is 18.5. The minimum atomic E-state index is -1.44. The SMILES string of the molecule is CCOC(=O)C1(C(=O)OCC)Cc2ccccc2C1=C=C1CCCCC1. The number of hydrogen-bond acceptors (Lipinski definition) is 4. The highest BCUT2D eigenvalue weighted by Gasteiger charge is 2.57. The van der Waals surface area contributed by atoms with E-state index in [1.165, 1.54) is 12.0 Å². The van der Waals surface area contributed by atoms with Gasteiger partial charge in [-0.1, -0.05) is 30.7 Å². The maximum absolute atomic E-state index is 13.0. The Kier molecular flexibility index (Phi) is 5.63. The summed E-state index contributed by atoms with van der Waals surface area (Å²) in [6.07, 6.45) is 5.68. The number of carbonyl (C=O) groups is 2. The Bertz CT molecular complexity index is 742. The van der Waals surface area contributed by atoms with Crippen molar-refractivity contribution >= 4 is 17.5 Å². The fraction of sp³-hybridized carbons (Fsp3) is 0.500. The highest BCUT2D eigenvalue weighted by atomic mass is 16.6. The van der Waals surface area contributed by atoms with E-state index < -0.39 is 17.4 Å². The van der Waals surface area contributed by atoms with E-state index in [9.17, 15) is 9.59 Å². The molecule has 4 heteroatoms. The van der Waals surface area contributed by atoms with Crippen LogP contribution in [0.1, 0.15) is 57.1 Å². The molecule has 26 heavy (non-hydrogen) atoms. The lowest BCUT2D eigenvalue weighted by atomic mass is 9.80. The van der Waals surface area contributed by atoms with E-state index in [1.54, 1.807) is 13.8 Å². The molecule has 0 atom stereocenters. The van der Waals surface area contributed by atoms with Crippen molar-refractivity contribution in [1.82, 2.24) is 0 Å². The first-order valence-electron chi connectivity index (χ1n) is 9.55. The molecule has 0 aromatic heterocycles. The van der Waals surface area contributed by atoms with Gasteiger partial charge < -0.3 is 9.47 Å². The summed E-state index contributed by atoms with van der Waals surface area (Å²) in [6, 6.07) is 7.78. The molecule has 1 fully saturated rings. The van der Waals surface area contributed by atoms with Gasteiger partial charge in [0.2, 0.25) is 5.41 Å². The summed E-state index contributed by atoms with van der Waals surface area (Å²) >= 11 is 0. The molecule has 0 saturated heterocycles. The van der Waals surface area contributed by atoms with E-state index in [0.29, 0.717) is 5.57 Å². The second-order valence-corrected chi connectivity index (χ2v) is 6.84. The molecule has 0 amide bonds. The maximum atomic E-state index is 13.0. The normalized spacial score (nSPS) is 18.1. The van der Waals surface area contributed by atoms with Crippen LogP contribution >= 0.6 is 0 Å². The van der Waals surface area contributed by atoms with E-state index in [-0.39, 0.29) is 19.6 Å². The zero-order valence-corrected chi connectivity index (χ0v) is 15.6. The molecule has 3 rings (SSSR count). The van der Waals surface area contributed by atoms with Gasteiger partial charge in [0, 0.05) is 12.0 Å². The molecule has 0 radical (unpaired) electrons. The third-order valence-electron chi connectivity index (χ3n) is 5.18. The summed E-state index contributed by atoms with van der Waals surface area (Å²) < 4.78 is 10.7. The largest absolute Gasteiger partial charge is 0.465 e. The van der Waals surface area contributed by atoms with Crippen molar-refractivity contribution in [3.63, 3.8) is 0 Å². The molecular formula is C22H26O4. The number of ether oxygens (including phenoxy) is 2. The van der Waals surface area contributed by atoms with E-state index in [0.717, 1.165) is 36.8 Å². The topological polar surface area (TPSA) is 52.6 Å². The smallest absolute Gasteiger partial charge is 0.329 e. The Hall–Kier alpha value is -2.32. The summed E-state index contributed by atoms with van der Waals surface area (Å²) in [5.41, 5.74) is 5.71. The molecule has 0 N–H and O–H groups in total. The highest BCUT2D eigenvalue weighted by molar-refractivity contribution is 6.14. The number of fused-ring (bicyclic) bond motifs is 1. The first-order valence-corrected chi connectivity index (χ1v) is 9.55. The van der Waals surface area contributed by atoms with Crippen LogP contribution in [-0.2, 0) is 25.5 Å². The number of esters is 2. The Labute approximate surface area is 154 Å². The van der Waals surface area contributed by atoms with Crippen LogP contribution < -0.4 is 0 Å². The molecule has 1 aromatic carbocycles. The lowest BCUT2D eigenvalue weighted by Gasteiger charge is -2.25. The van der Waals surface area contributed by atoms with Crippen molar-refractivity contribution in [2.24, 2.45) is 5.41 Å². The Morgan fingerprint density at radius 3 is 2.23 bits per heavy atom. The zero-order chi connectivity index (χ0) is 18.6. The molecule has 0 aliphatic heterocycles. The van der Waals surface area contributed by atoms with Crippen molar-refractivity contribution in [2.75, 3.05) is 13.2 Å². The number of benzene rings is 1. The molecule has 138 valence electrons. The standard InChI is InChI=1S/C22H26O4/c1-3-25-20(23)22(21(24)26-4-2)15-17-12-8-9-13-18(17)19(22)14-16-10-6-5-7-11-16/h8-9,12-13H,3-7,10-11,15H2,1-2H3. The Balaban J connectivity index is 2.22. The monoisotopic (exact) mass is 354 g/mol. The van der Waals surface area contributed by atoms with E-state index in [1.807, 2.05) is 24.3 Å². The highest BCUT2D eigenvalue weighted by Crippen LogP contribution is 2.48. The summed E-state index contributed by atoms with van der Waals surface area (Å²) in [5.74, 6) is -1.07. The van der Waals surface area contributed by atoms with Gasteiger partial charge in [0.1, 0.15) is 0 Å². The molecule has 0 spiro atoms. The van der Waals surface area contributed by atoms with Crippen molar-refractivity contribution < 1.29 is 19.1 Å². The molecule has 0 heterocycles. The average molecular weight is 354 g/mol. The molecular weight excluding hydrogens is 328 g/mol. The number of hydrogen-bond donors (Lipinski definition) is 0. The van der Waals surface area contributed by atoms with E-state index in [4.69, 9.17) is 9.47 Å². The minimum absolute atomic E-state index is 0.222. The van der Waals surface area contributed by atoms with Gasteiger partial charge >= 0.3 is 11.9 Å². The Morgan fingerprint density at radius 1 is 1.00 bits per heavy atom. The molecule has 1 saturated carbocycles. The lowest BCUT2D eigenvalue weighted by molar-refractivity contribution is -0.166. The van der Waals surface area contributed by atoms with Crippen molar-refractivity contribution in [2.45, 2.75) is 52.4 Å². The van der Waals surface area contributed by atoms with Gasteiger partial charge in [-0.15, -0.1) is 5.73 Å². The first-order chi connectivity index (χ1) is 12.6. The van der Waals surface area contributed by atoms with Gasteiger partial charge in [-0.25, -0.2) is 0 Å². The molecule has 0 bridgehead atoms. The molecule has 2 aliphatic carbocycles. The maximum Gasteiger partial charge on any atom is 0.329 e. The van der Waals surface area contributed by atoms with Crippen LogP contribution in [0.2, 0.25) is 0 Å². The average Bonchev–Trinajstić information content (AvgIpc) is 2.99. The molecule has 2 aliphatic rings. The second kappa shape index (κ2) is 7.92. The third-order valence-corrected chi connectivity index (χ3v) is 5.18. The van der Waals surface area contributed by atoms with Crippen LogP contribution in [0.5, 0.6) is 0 Å². The van der Waals surface area contributed by atoms with Crippen molar-refractivity contribution in [1.29, 1.82) is 0 Å². The second-order valence-electron chi connectivity index (χ2n) is 6.84. The molecule has 1 aromatic rings. The third kappa shape index (κ3) is 3.22. The predicted octanol–water partition coefficient (Wildman–Crippen LogP) is 4.23. The summed E-state index contributed by atoms with van der Waals surface area (Å²) in [4.78, 5) is 26.0. The van der Waals surface area contributed by atoms with E-state index >= 15 is 0 Å². The van der Waals surface area contributed by atoms with Gasteiger partial charge in [-0.2, -0.15) is 0 Å². The van der Waals surface area contributed by atoms with Crippen LogP contribution in [0.4, 0.5) is 0 Å². The number of rotatable bonds is 4. The van der Waals surface area contributed by atoms with Crippen molar-refractivity contribution in [3.05, 3.63) is 46.7 Å². The van der Waals surface area contributed by atoms with Crippen LogP contribution in [0.25, 0.3) is 5.57 Å². The van der Waals surface area contributed by atoms with Crippen LogP contribution in [0, 0.1) is 5.41 Å². The summed E-state index contributed by atoms with van der Waals surface area (Å²) in [6.45, 7) is 3.95. The lowest BCUT2D eigenvalue weighted by Crippen LogP contribution is -2.42. The predicted molar refractivity (Wildman–Crippen MR) is 99.4 cm³/mol. The fourth-order valence-electron chi connectivity index (χ4n) is 3.92. The molecule has 4 nitrogen and oxygen atoms in total. The van der Waals surface area contributed by atoms with Gasteiger partial charge in [0.15, 0.2) is 0 Å². The van der Waals surface area contributed by atoms with Gasteiger partial charge in [-0.3, -0.25) is 9.59 Å². The van der Waals surface area contributed by atoms with Gasteiger partial charge in [0.25, 0.3) is 0 Å². The van der Waals surface area contributed by atoms with Crippen molar-refractivity contribution in [3.8, 4) is 0 Å². The van der Waals surface area contributed by atoms with Gasteiger partial charge in [-0.05, 0) is 56.2 Å². The van der Waals surface area contributed by atoms with Gasteiger partial charge in [0.05, 0.1) is 13.2 Å². The summed E-state index contributed by atoms with van der Waals surface area (Å²) in [5, 5.41) is 0. The number of carbonyl (C=O) groups excluding carboxylic acids is 2.